The van der Waals surface area contributed by atoms with Crippen LogP contribution >= 0.6 is 0 Å². The second kappa shape index (κ2) is 5.32. The van der Waals surface area contributed by atoms with Gasteiger partial charge in [0, 0.05) is 18.0 Å². The summed E-state index contributed by atoms with van der Waals surface area (Å²) in [7, 11) is 0. The Morgan fingerprint density at radius 1 is 1.52 bits per heavy atom. The first-order chi connectivity index (χ1) is 9.70. The van der Waals surface area contributed by atoms with Crippen LogP contribution in [0.1, 0.15) is 48.8 Å². The lowest BCUT2D eigenvalue weighted by atomic mass is 10.1. The van der Waals surface area contributed by atoms with Crippen molar-refractivity contribution in [2.45, 2.75) is 38.9 Å². The van der Waals surface area contributed by atoms with E-state index in [4.69, 9.17) is 5.11 Å². The summed E-state index contributed by atoms with van der Waals surface area (Å²) in [6.07, 6.45) is -2.18. The van der Waals surface area contributed by atoms with Crippen molar-refractivity contribution in [2.24, 2.45) is 5.41 Å². The van der Waals surface area contributed by atoms with Crippen LogP contribution in [-0.4, -0.2) is 33.9 Å². The van der Waals surface area contributed by atoms with Crippen LogP contribution in [0.2, 0.25) is 0 Å². The van der Waals surface area contributed by atoms with Crippen molar-refractivity contribution < 1.29 is 23.1 Å². The highest BCUT2D eigenvalue weighted by Gasteiger charge is 2.44. The van der Waals surface area contributed by atoms with E-state index in [9.17, 15) is 18.0 Å². The van der Waals surface area contributed by atoms with Crippen LogP contribution in [0.4, 0.5) is 13.2 Å². The lowest BCUT2D eigenvalue weighted by Gasteiger charge is -2.16. The zero-order valence-electron chi connectivity index (χ0n) is 11.9. The maximum atomic E-state index is 13.1. The maximum absolute atomic E-state index is 13.1. The van der Waals surface area contributed by atoms with Gasteiger partial charge >= 0.3 is 6.18 Å². The average molecular weight is 305 g/mol. The Bertz CT molecular complexity index is 533. The molecule has 0 unspecified atom stereocenters. The lowest BCUT2D eigenvalue weighted by Crippen LogP contribution is -2.33. The van der Waals surface area contributed by atoms with Crippen molar-refractivity contribution in [3.63, 3.8) is 0 Å². The molecular formula is C13H18F3N3O2. The van der Waals surface area contributed by atoms with Crippen LogP contribution < -0.4 is 5.32 Å². The van der Waals surface area contributed by atoms with Gasteiger partial charge in [-0.25, -0.2) is 0 Å². The van der Waals surface area contributed by atoms with Crippen LogP contribution in [-0.2, 0) is 6.18 Å². The Balaban J connectivity index is 2.21. The average Bonchev–Trinajstić information content (AvgIpc) is 3.01. The third-order valence-corrected chi connectivity index (χ3v) is 3.71. The van der Waals surface area contributed by atoms with Crippen LogP contribution in [0, 0.1) is 5.41 Å². The number of halogens is 3. The minimum Gasteiger partial charge on any atom is -0.396 e. The van der Waals surface area contributed by atoms with Crippen molar-refractivity contribution in [3.8, 4) is 0 Å². The van der Waals surface area contributed by atoms with Gasteiger partial charge < -0.3 is 10.4 Å². The minimum absolute atomic E-state index is 0.0787. The van der Waals surface area contributed by atoms with Crippen molar-refractivity contribution in [1.29, 1.82) is 0 Å². The van der Waals surface area contributed by atoms with E-state index in [2.05, 4.69) is 10.4 Å². The molecule has 1 amide bonds. The number of hydrogen-bond donors (Lipinski definition) is 2. The van der Waals surface area contributed by atoms with E-state index in [1.807, 2.05) is 0 Å². The quantitative estimate of drug-likeness (QED) is 0.874. The van der Waals surface area contributed by atoms with Gasteiger partial charge in [-0.05, 0) is 26.7 Å². The van der Waals surface area contributed by atoms with E-state index in [1.54, 1.807) is 13.8 Å². The molecule has 21 heavy (non-hydrogen) atoms. The molecule has 1 aromatic heterocycles. The topological polar surface area (TPSA) is 67.2 Å². The number of amides is 1. The summed E-state index contributed by atoms with van der Waals surface area (Å²) in [5.41, 5.74) is -1.88. The molecule has 0 radical (unpaired) electrons. The van der Waals surface area contributed by atoms with Crippen molar-refractivity contribution in [1.82, 2.24) is 15.1 Å². The Kier molecular flexibility index (Phi) is 4.01. The maximum Gasteiger partial charge on any atom is 0.433 e. The van der Waals surface area contributed by atoms with Gasteiger partial charge in [0.1, 0.15) is 0 Å². The minimum atomic E-state index is -4.65. The fraction of sp³-hybridized carbons (Fsp3) is 0.692. The van der Waals surface area contributed by atoms with Crippen LogP contribution in [0.5, 0.6) is 0 Å². The Morgan fingerprint density at radius 2 is 2.14 bits per heavy atom. The molecule has 1 saturated carbocycles. The van der Waals surface area contributed by atoms with E-state index >= 15 is 0 Å². The van der Waals surface area contributed by atoms with Gasteiger partial charge in [0.25, 0.3) is 5.91 Å². The second-order valence-corrected chi connectivity index (χ2v) is 5.78. The first-order valence-corrected chi connectivity index (χ1v) is 6.74. The number of nitrogens with one attached hydrogen (secondary N) is 1. The Morgan fingerprint density at radius 3 is 2.57 bits per heavy atom. The summed E-state index contributed by atoms with van der Waals surface area (Å²) in [6, 6.07) is -0.504. The summed E-state index contributed by atoms with van der Waals surface area (Å²) in [5.74, 6) is -0.811. The van der Waals surface area contributed by atoms with Gasteiger partial charge in [0.15, 0.2) is 5.69 Å². The molecule has 1 heterocycles. The van der Waals surface area contributed by atoms with E-state index in [-0.39, 0.29) is 18.6 Å². The number of alkyl halides is 3. The molecule has 0 aromatic carbocycles. The molecule has 0 aliphatic heterocycles. The summed E-state index contributed by atoms with van der Waals surface area (Å²) in [6.45, 7) is 3.22. The molecule has 5 nitrogen and oxygen atoms in total. The number of aliphatic hydroxyl groups excluding tert-OH is 1. The number of aliphatic hydroxyl groups is 1. The predicted octanol–water partition coefficient (Wildman–Crippen LogP) is 1.99. The van der Waals surface area contributed by atoms with Crippen LogP contribution in [0.15, 0.2) is 6.20 Å². The first-order valence-electron chi connectivity index (χ1n) is 6.74. The number of hydrogen-bond acceptors (Lipinski definition) is 3. The van der Waals surface area contributed by atoms with Crippen molar-refractivity contribution in [2.75, 3.05) is 13.2 Å². The number of carbonyl (C=O) groups excluding carboxylic acids is 1. The van der Waals surface area contributed by atoms with Gasteiger partial charge in [-0.2, -0.15) is 18.3 Å². The zero-order valence-corrected chi connectivity index (χ0v) is 11.9. The van der Waals surface area contributed by atoms with E-state index in [0.29, 0.717) is 0 Å². The Labute approximate surface area is 120 Å². The Hall–Kier alpha value is -1.57. The predicted molar refractivity (Wildman–Crippen MR) is 68.7 cm³/mol. The van der Waals surface area contributed by atoms with Gasteiger partial charge in [-0.1, -0.05) is 0 Å². The first kappa shape index (κ1) is 15.8. The summed E-state index contributed by atoms with van der Waals surface area (Å²) in [5, 5.41) is 15.3. The number of carbonyl (C=O) groups is 1. The molecule has 8 heteroatoms. The molecule has 2 N–H and O–H groups in total. The standard InChI is InChI=1S/C13H18F3N3O2/c1-8(2)19-10(13(14,15)16)9(5-18-19)11(21)17-6-12(7-20)3-4-12/h5,8,20H,3-4,6-7H2,1-2H3,(H,17,21). The number of aromatic nitrogens is 2. The molecule has 0 spiro atoms. The molecule has 1 aromatic rings. The van der Waals surface area contributed by atoms with Gasteiger partial charge in [-0.15, -0.1) is 0 Å². The molecule has 0 bridgehead atoms. The molecule has 0 atom stereocenters. The largest absolute Gasteiger partial charge is 0.433 e. The van der Waals surface area contributed by atoms with Gasteiger partial charge in [0.2, 0.25) is 0 Å². The SMILES string of the molecule is CC(C)n1ncc(C(=O)NCC2(CO)CC2)c1C(F)(F)F. The molecule has 0 saturated heterocycles. The van der Waals surface area contributed by atoms with Gasteiger partial charge in [0.05, 0.1) is 18.4 Å². The van der Waals surface area contributed by atoms with Gasteiger partial charge in [-0.3, -0.25) is 9.48 Å². The third kappa shape index (κ3) is 3.20. The normalized spacial score (nSPS) is 17.1. The summed E-state index contributed by atoms with van der Waals surface area (Å²) in [4.78, 5) is 12.0. The lowest BCUT2D eigenvalue weighted by molar-refractivity contribution is -0.145. The third-order valence-electron chi connectivity index (χ3n) is 3.71. The van der Waals surface area contributed by atoms with E-state index in [0.717, 1.165) is 23.7 Å². The zero-order chi connectivity index (χ0) is 15.8. The fourth-order valence-corrected chi connectivity index (χ4v) is 2.13. The highest BCUT2D eigenvalue weighted by Crippen LogP contribution is 2.44. The van der Waals surface area contributed by atoms with E-state index in [1.165, 1.54) is 0 Å². The number of rotatable bonds is 5. The van der Waals surface area contributed by atoms with Crippen LogP contribution in [0.25, 0.3) is 0 Å². The van der Waals surface area contributed by atoms with Crippen molar-refractivity contribution in [3.05, 3.63) is 17.5 Å². The summed E-state index contributed by atoms with van der Waals surface area (Å²) < 4.78 is 40.2. The van der Waals surface area contributed by atoms with Crippen LogP contribution in [0.3, 0.4) is 0 Å². The molecule has 1 fully saturated rings. The summed E-state index contributed by atoms with van der Waals surface area (Å²) >= 11 is 0. The molecule has 1 aliphatic carbocycles. The molecular weight excluding hydrogens is 287 g/mol. The van der Waals surface area contributed by atoms with Crippen molar-refractivity contribution >= 4 is 5.91 Å². The molecule has 118 valence electrons. The molecule has 2 rings (SSSR count). The monoisotopic (exact) mass is 305 g/mol. The number of nitrogens with zero attached hydrogens (tertiary/aromatic N) is 2. The second-order valence-electron chi connectivity index (χ2n) is 5.78. The smallest absolute Gasteiger partial charge is 0.396 e. The highest BCUT2D eigenvalue weighted by atomic mass is 19.4. The fourth-order valence-electron chi connectivity index (χ4n) is 2.13. The molecule has 1 aliphatic rings. The highest BCUT2D eigenvalue weighted by molar-refractivity contribution is 5.95. The van der Waals surface area contributed by atoms with E-state index < -0.39 is 29.4 Å².